The van der Waals surface area contributed by atoms with E-state index < -0.39 is 11.4 Å². The molecule has 3 rings (SSSR count). The molecule has 0 radical (unpaired) electrons. The Hall–Kier alpha value is -2.80. The Labute approximate surface area is 179 Å². The minimum atomic E-state index is -1.01. The van der Waals surface area contributed by atoms with Gasteiger partial charge in [0, 0.05) is 0 Å². The number of nitriles is 1. The SMILES string of the molecule is CCCCOc1ccc(-c2ccc(OC(=O)C3(C#N)CCCC(CC)C3)cc2)cc1. The molecule has 0 amide bonds. The minimum Gasteiger partial charge on any atom is -0.494 e. The summed E-state index contributed by atoms with van der Waals surface area (Å²) in [6.07, 6.45) is 6.33. The van der Waals surface area contributed by atoms with Crippen LogP contribution in [0.3, 0.4) is 0 Å². The van der Waals surface area contributed by atoms with Gasteiger partial charge in [0.1, 0.15) is 11.5 Å². The van der Waals surface area contributed by atoms with Gasteiger partial charge in [-0.25, -0.2) is 4.79 Å². The van der Waals surface area contributed by atoms with Crippen LogP contribution in [0.2, 0.25) is 0 Å². The third-order valence-corrected chi connectivity index (χ3v) is 6.05. The zero-order valence-electron chi connectivity index (χ0n) is 18.0. The highest BCUT2D eigenvalue weighted by molar-refractivity contribution is 5.82. The fourth-order valence-electron chi connectivity index (χ4n) is 4.07. The fraction of sp³-hybridized carbons (Fsp3) is 0.462. The largest absolute Gasteiger partial charge is 0.494 e. The second-order valence-electron chi connectivity index (χ2n) is 8.20. The number of ether oxygens (including phenoxy) is 2. The van der Waals surface area contributed by atoms with E-state index in [-0.39, 0.29) is 0 Å². The number of hydrogen-bond donors (Lipinski definition) is 0. The Morgan fingerprint density at radius 1 is 1.07 bits per heavy atom. The van der Waals surface area contributed by atoms with Gasteiger partial charge >= 0.3 is 5.97 Å². The van der Waals surface area contributed by atoms with Gasteiger partial charge in [0.2, 0.25) is 0 Å². The van der Waals surface area contributed by atoms with Crippen LogP contribution in [0.5, 0.6) is 11.5 Å². The third-order valence-electron chi connectivity index (χ3n) is 6.05. The highest BCUT2D eigenvalue weighted by Crippen LogP contribution is 2.41. The van der Waals surface area contributed by atoms with E-state index in [9.17, 15) is 10.1 Å². The van der Waals surface area contributed by atoms with Gasteiger partial charge in [-0.15, -0.1) is 0 Å². The van der Waals surface area contributed by atoms with Crippen molar-refractivity contribution >= 4 is 5.97 Å². The van der Waals surface area contributed by atoms with Crippen molar-refractivity contribution in [1.29, 1.82) is 5.26 Å². The topological polar surface area (TPSA) is 59.3 Å². The van der Waals surface area contributed by atoms with Gasteiger partial charge in [0.15, 0.2) is 5.41 Å². The van der Waals surface area contributed by atoms with Crippen LogP contribution in [0.15, 0.2) is 48.5 Å². The maximum Gasteiger partial charge on any atom is 0.331 e. The van der Waals surface area contributed by atoms with Crippen LogP contribution < -0.4 is 9.47 Å². The van der Waals surface area contributed by atoms with Crippen molar-refractivity contribution in [2.45, 2.75) is 58.8 Å². The van der Waals surface area contributed by atoms with E-state index in [1.165, 1.54) is 0 Å². The molecular weight excluding hydrogens is 374 g/mol. The number of carbonyl (C=O) groups is 1. The van der Waals surface area contributed by atoms with Gasteiger partial charge < -0.3 is 9.47 Å². The number of carbonyl (C=O) groups excluding carboxylic acids is 1. The molecule has 0 spiro atoms. The van der Waals surface area contributed by atoms with E-state index in [1.54, 1.807) is 12.1 Å². The number of benzene rings is 2. The van der Waals surface area contributed by atoms with Crippen LogP contribution >= 0.6 is 0 Å². The molecule has 0 bridgehead atoms. The molecule has 1 aliphatic carbocycles. The fourth-order valence-corrected chi connectivity index (χ4v) is 4.07. The molecule has 2 unspecified atom stereocenters. The zero-order chi connectivity index (χ0) is 21.4. The highest BCUT2D eigenvalue weighted by Gasteiger charge is 2.44. The van der Waals surface area contributed by atoms with Crippen molar-refractivity contribution in [2.75, 3.05) is 6.61 Å². The first-order chi connectivity index (χ1) is 14.6. The normalized spacial score (nSPS) is 20.9. The van der Waals surface area contributed by atoms with Gasteiger partial charge in [0.25, 0.3) is 0 Å². The molecule has 0 aromatic heterocycles. The summed E-state index contributed by atoms with van der Waals surface area (Å²) in [6.45, 7) is 5.00. The molecule has 30 heavy (non-hydrogen) atoms. The predicted octanol–water partition coefficient (Wildman–Crippen LogP) is 6.55. The molecule has 0 aliphatic heterocycles. The van der Waals surface area contributed by atoms with Gasteiger partial charge in [-0.2, -0.15) is 5.26 Å². The number of nitrogens with zero attached hydrogens (tertiary/aromatic N) is 1. The number of rotatable bonds is 8. The van der Waals surface area contributed by atoms with E-state index in [1.807, 2.05) is 36.4 Å². The van der Waals surface area contributed by atoms with Crippen molar-refractivity contribution in [1.82, 2.24) is 0 Å². The van der Waals surface area contributed by atoms with E-state index in [0.29, 0.717) is 24.5 Å². The Morgan fingerprint density at radius 3 is 2.27 bits per heavy atom. The number of esters is 1. The van der Waals surface area contributed by atoms with Crippen LogP contribution in [-0.4, -0.2) is 12.6 Å². The summed E-state index contributed by atoms with van der Waals surface area (Å²) in [5.74, 6) is 1.36. The van der Waals surface area contributed by atoms with Crippen molar-refractivity contribution in [3.8, 4) is 28.7 Å². The third kappa shape index (κ3) is 5.21. The zero-order valence-corrected chi connectivity index (χ0v) is 18.0. The summed E-state index contributed by atoms with van der Waals surface area (Å²) in [4.78, 5) is 12.8. The predicted molar refractivity (Wildman–Crippen MR) is 118 cm³/mol. The second-order valence-corrected chi connectivity index (χ2v) is 8.20. The molecule has 158 valence electrons. The molecule has 2 atom stereocenters. The van der Waals surface area contributed by atoms with Crippen molar-refractivity contribution in [3.63, 3.8) is 0 Å². The molecule has 0 saturated heterocycles. The molecule has 0 N–H and O–H groups in total. The maximum absolute atomic E-state index is 12.8. The summed E-state index contributed by atoms with van der Waals surface area (Å²) in [7, 11) is 0. The molecule has 1 fully saturated rings. The van der Waals surface area contributed by atoms with Crippen molar-refractivity contribution < 1.29 is 14.3 Å². The summed E-state index contributed by atoms with van der Waals surface area (Å²) < 4.78 is 11.3. The van der Waals surface area contributed by atoms with Crippen LogP contribution in [-0.2, 0) is 4.79 Å². The quantitative estimate of drug-likeness (QED) is 0.284. The van der Waals surface area contributed by atoms with Gasteiger partial charge in [-0.3, -0.25) is 0 Å². The molecular formula is C26H31NO3. The Balaban J connectivity index is 1.64. The van der Waals surface area contributed by atoms with Crippen LogP contribution in [0.4, 0.5) is 0 Å². The van der Waals surface area contributed by atoms with E-state index in [2.05, 4.69) is 19.9 Å². The molecule has 1 saturated carbocycles. The monoisotopic (exact) mass is 405 g/mol. The Kier molecular flexibility index (Phi) is 7.52. The smallest absolute Gasteiger partial charge is 0.331 e. The lowest BCUT2D eigenvalue weighted by Crippen LogP contribution is -2.38. The summed E-state index contributed by atoms with van der Waals surface area (Å²) in [6, 6.07) is 17.7. The van der Waals surface area contributed by atoms with E-state index in [4.69, 9.17) is 9.47 Å². The Bertz CT molecular complexity index is 867. The van der Waals surface area contributed by atoms with Crippen molar-refractivity contribution in [3.05, 3.63) is 48.5 Å². The first-order valence-corrected chi connectivity index (χ1v) is 11.1. The van der Waals surface area contributed by atoms with Gasteiger partial charge in [-0.05, 0) is 60.6 Å². The summed E-state index contributed by atoms with van der Waals surface area (Å²) >= 11 is 0. The summed E-state index contributed by atoms with van der Waals surface area (Å²) in [5, 5.41) is 9.73. The number of hydrogen-bond acceptors (Lipinski definition) is 4. The van der Waals surface area contributed by atoms with E-state index >= 15 is 0 Å². The maximum atomic E-state index is 12.8. The number of unbranched alkanes of at least 4 members (excludes halogenated alkanes) is 1. The average Bonchev–Trinajstić information content (AvgIpc) is 2.80. The molecule has 2 aromatic carbocycles. The first-order valence-electron chi connectivity index (χ1n) is 11.1. The lowest BCUT2D eigenvalue weighted by molar-refractivity contribution is -0.145. The molecule has 4 nitrogen and oxygen atoms in total. The van der Waals surface area contributed by atoms with E-state index in [0.717, 1.165) is 55.6 Å². The van der Waals surface area contributed by atoms with Crippen LogP contribution in [0, 0.1) is 22.7 Å². The second kappa shape index (κ2) is 10.3. The lowest BCUT2D eigenvalue weighted by atomic mass is 9.70. The van der Waals surface area contributed by atoms with Gasteiger partial charge in [-0.1, -0.05) is 63.8 Å². The molecule has 1 aliphatic rings. The molecule has 4 heteroatoms. The average molecular weight is 406 g/mol. The van der Waals surface area contributed by atoms with Crippen LogP contribution in [0.25, 0.3) is 11.1 Å². The minimum absolute atomic E-state index is 0.413. The van der Waals surface area contributed by atoms with Gasteiger partial charge in [0.05, 0.1) is 12.7 Å². The van der Waals surface area contributed by atoms with Crippen LogP contribution in [0.1, 0.15) is 58.8 Å². The molecule has 0 heterocycles. The lowest BCUT2D eigenvalue weighted by Gasteiger charge is -2.33. The summed E-state index contributed by atoms with van der Waals surface area (Å²) in [5.41, 5.74) is 1.10. The molecule has 2 aromatic rings. The highest BCUT2D eigenvalue weighted by atomic mass is 16.5. The standard InChI is InChI=1S/C26H31NO3/c1-3-5-17-29-23-12-8-21(9-13-23)22-10-14-24(15-11-22)30-25(28)26(19-27)16-6-7-20(4-2)18-26/h8-15,20H,3-7,16-18H2,1-2H3. The first kappa shape index (κ1) is 21.9. The Morgan fingerprint density at radius 2 is 1.70 bits per heavy atom. The van der Waals surface area contributed by atoms with Crippen molar-refractivity contribution in [2.24, 2.45) is 11.3 Å².